The van der Waals surface area contributed by atoms with Crippen molar-refractivity contribution in [3.05, 3.63) is 40.1 Å². The second kappa shape index (κ2) is 5.58. The SMILES string of the molecule is CC(C)n1c(Sc2c(F)cccc2CO)n[nH]c1=O. The molecule has 2 N–H and O–H groups in total. The van der Waals surface area contributed by atoms with Gasteiger partial charge in [0.15, 0.2) is 5.16 Å². The Morgan fingerprint density at radius 1 is 1.53 bits per heavy atom. The van der Waals surface area contributed by atoms with Crippen LogP contribution in [-0.4, -0.2) is 19.9 Å². The van der Waals surface area contributed by atoms with Crippen LogP contribution in [0, 0.1) is 5.82 Å². The molecule has 0 spiro atoms. The second-order valence-corrected chi connectivity index (χ2v) is 5.24. The van der Waals surface area contributed by atoms with Crippen LogP contribution >= 0.6 is 11.8 Å². The molecule has 0 bridgehead atoms. The first-order chi connectivity index (χ1) is 9.04. The standard InChI is InChI=1S/C12H14FN3O2S/c1-7(2)16-11(18)14-15-12(16)19-10-8(6-17)4-3-5-9(10)13/h3-5,7,17H,6H2,1-2H3,(H,14,18). The number of rotatable bonds is 4. The number of benzene rings is 1. The molecule has 5 nitrogen and oxygen atoms in total. The highest BCUT2D eigenvalue weighted by molar-refractivity contribution is 7.99. The van der Waals surface area contributed by atoms with Crippen LogP contribution in [-0.2, 0) is 6.61 Å². The monoisotopic (exact) mass is 283 g/mol. The number of aliphatic hydroxyl groups is 1. The summed E-state index contributed by atoms with van der Waals surface area (Å²) in [6.45, 7) is 3.42. The lowest BCUT2D eigenvalue weighted by molar-refractivity contribution is 0.277. The Balaban J connectivity index is 2.45. The predicted molar refractivity (Wildman–Crippen MR) is 69.7 cm³/mol. The minimum absolute atomic E-state index is 0.0851. The Morgan fingerprint density at radius 3 is 2.89 bits per heavy atom. The van der Waals surface area contributed by atoms with Gasteiger partial charge in [0.2, 0.25) is 0 Å². The largest absolute Gasteiger partial charge is 0.392 e. The van der Waals surface area contributed by atoms with E-state index in [2.05, 4.69) is 10.2 Å². The number of hydrogen-bond acceptors (Lipinski definition) is 4. The number of aromatic amines is 1. The van der Waals surface area contributed by atoms with Crippen LogP contribution in [0.3, 0.4) is 0 Å². The molecule has 0 aliphatic carbocycles. The lowest BCUT2D eigenvalue weighted by Gasteiger charge is -2.10. The highest BCUT2D eigenvalue weighted by Crippen LogP contribution is 2.31. The molecule has 1 aromatic heterocycles. The van der Waals surface area contributed by atoms with Crippen LogP contribution in [0.2, 0.25) is 0 Å². The second-order valence-electron chi connectivity index (χ2n) is 4.26. The summed E-state index contributed by atoms with van der Waals surface area (Å²) in [5.41, 5.74) is 0.134. The summed E-state index contributed by atoms with van der Waals surface area (Å²) in [6, 6.07) is 4.39. The summed E-state index contributed by atoms with van der Waals surface area (Å²) in [4.78, 5) is 11.9. The Hall–Kier alpha value is -1.60. The van der Waals surface area contributed by atoms with E-state index in [0.29, 0.717) is 10.7 Å². The van der Waals surface area contributed by atoms with Gasteiger partial charge in [0.1, 0.15) is 5.82 Å². The summed E-state index contributed by atoms with van der Waals surface area (Å²) in [7, 11) is 0. The van der Waals surface area contributed by atoms with Crippen molar-refractivity contribution in [1.82, 2.24) is 14.8 Å². The molecule has 0 fully saturated rings. The number of H-pyrrole nitrogens is 1. The lowest BCUT2D eigenvalue weighted by atomic mass is 10.2. The zero-order valence-electron chi connectivity index (χ0n) is 10.6. The number of hydrogen-bond donors (Lipinski definition) is 2. The minimum Gasteiger partial charge on any atom is -0.392 e. The third kappa shape index (κ3) is 2.71. The zero-order chi connectivity index (χ0) is 14.0. The molecule has 1 aromatic carbocycles. The number of halogens is 1. The smallest absolute Gasteiger partial charge is 0.344 e. The summed E-state index contributed by atoms with van der Waals surface area (Å²) < 4.78 is 15.2. The molecule has 102 valence electrons. The van der Waals surface area contributed by atoms with Gasteiger partial charge in [-0.15, -0.1) is 5.10 Å². The normalized spacial score (nSPS) is 11.2. The first kappa shape index (κ1) is 13.8. The van der Waals surface area contributed by atoms with E-state index in [1.54, 1.807) is 6.07 Å². The topological polar surface area (TPSA) is 70.9 Å². The molecule has 1 heterocycles. The quantitative estimate of drug-likeness (QED) is 0.899. The van der Waals surface area contributed by atoms with Crippen molar-refractivity contribution in [1.29, 1.82) is 0 Å². The van der Waals surface area contributed by atoms with Gasteiger partial charge in [-0.05, 0) is 37.2 Å². The fourth-order valence-electron chi connectivity index (χ4n) is 1.70. The van der Waals surface area contributed by atoms with E-state index in [4.69, 9.17) is 0 Å². The molecular formula is C12H14FN3O2S. The highest BCUT2D eigenvalue weighted by Gasteiger charge is 2.16. The third-order valence-corrected chi connectivity index (χ3v) is 3.73. The van der Waals surface area contributed by atoms with E-state index in [9.17, 15) is 14.3 Å². The lowest BCUT2D eigenvalue weighted by Crippen LogP contribution is -2.19. The van der Waals surface area contributed by atoms with Gasteiger partial charge in [0, 0.05) is 6.04 Å². The van der Waals surface area contributed by atoms with E-state index in [0.717, 1.165) is 11.8 Å². The molecule has 0 saturated heterocycles. The van der Waals surface area contributed by atoms with Gasteiger partial charge in [-0.1, -0.05) is 12.1 Å². The van der Waals surface area contributed by atoms with Crippen molar-refractivity contribution >= 4 is 11.8 Å². The van der Waals surface area contributed by atoms with E-state index in [1.165, 1.54) is 16.7 Å². The van der Waals surface area contributed by atoms with E-state index >= 15 is 0 Å². The summed E-state index contributed by atoms with van der Waals surface area (Å²) in [5, 5.41) is 15.8. The van der Waals surface area contributed by atoms with Crippen LogP contribution in [0.25, 0.3) is 0 Å². The number of nitrogens with one attached hydrogen (secondary N) is 1. The summed E-state index contributed by atoms with van der Waals surface area (Å²) in [5.74, 6) is -0.442. The summed E-state index contributed by atoms with van der Waals surface area (Å²) in [6.07, 6.45) is 0. The molecular weight excluding hydrogens is 269 g/mol. The van der Waals surface area contributed by atoms with Crippen molar-refractivity contribution in [3.63, 3.8) is 0 Å². The van der Waals surface area contributed by atoms with Gasteiger partial charge in [0.25, 0.3) is 0 Å². The van der Waals surface area contributed by atoms with Crippen molar-refractivity contribution in [2.45, 2.75) is 36.5 Å². The average Bonchev–Trinajstić information content (AvgIpc) is 2.73. The number of nitrogens with zero attached hydrogens (tertiary/aromatic N) is 2. The molecule has 2 rings (SSSR count). The van der Waals surface area contributed by atoms with E-state index in [1.807, 2.05) is 13.8 Å². The third-order valence-electron chi connectivity index (χ3n) is 2.60. The number of aromatic nitrogens is 3. The fraction of sp³-hybridized carbons (Fsp3) is 0.333. The Bertz CT molecular complexity index is 636. The Kier molecular flexibility index (Phi) is 4.06. The van der Waals surface area contributed by atoms with Crippen LogP contribution in [0.4, 0.5) is 4.39 Å². The molecule has 2 aromatic rings. The van der Waals surface area contributed by atoms with Gasteiger partial charge in [0.05, 0.1) is 11.5 Å². The van der Waals surface area contributed by atoms with Crippen LogP contribution in [0.1, 0.15) is 25.5 Å². The summed E-state index contributed by atoms with van der Waals surface area (Å²) >= 11 is 1.03. The van der Waals surface area contributed by atoms with Crippen molar-refractivity contribution < 1.29 is 9.50 Å². The average molecular weight is 283 g/mol. The van der Waals surface area contributed by atoms with Crippen molar-refractivity contribution in [3.8, 4) is 0 Å². The van der Waals surface area contributed by atoms with Crippen molar-refractivity contribution in [2.75, 3.05) is 0 Å². The maximum absolute atomic E-state index is 13.8. The van der Waals surface area contributed by atoms with Gasteiger partial charge in [-0.2, -0.15) is 0 Å². The van der Waals surface area contributed by atoms with Gasteiger partial charge in [-0.25, -0.2) is 14.3 Å². The molecule has 0 unspecified atom stereocenters. The van der Waals surface area contributed by atoms with Crippen LogP contribution in [0.15, 0.2) is 33.0 Å². The molecule has 0 radical (unpaired) electrons. The Morgan fingerprint density at radius 2 is 2.26 bits per heavy atom. The fourth-order valence-corrected chi connectivity index (χ4v) is 2.80. The Labute approximate surface area is 113 Å². The van der Waals surface area contributed by atoms with Crippen LogP contribution in [0.5, 0.6) is 0 Å². The van der Waals surface area contributed by atoms with Gasteiger partial charge >= 0.3 is 5.69 Å². The van der Waals surface area contributed by atoms with E-state index < -0.39 is 5.82 Å². The molecule has 0 aliphatic heterocycles. The van der Waals surface area contributed by atoms with Gasteiger partial charge < -0.3 is 5.11 Å². The maximum atomic E-state index is 13.8. The zero-order valence-corrected chi connectivity index (χ0v) is 11.4. The van der Waals surface area contributed by atoms with Gasteiger partial charge in [-0.3, -0.25) is 4.57 Å². The molecule has 0 aliphatic rings. The molecule has 0 saturated carbocycles. The number of aliphatic hydroxyl groups excluding tert-OH is 1. The minimum atomic E-state index is -0.442. The molecule has 19 heavy (non-hydrogen) atoms. The van der Waals surface area contributed by atoms with Crippen molar-refractivity contribution in [2.24, 2.45) is 0 Å². The van der Waals surface area contributed by atoms with Crippen LogP contribution < -0.4 is 5.69 Å². The molecule has 0 amide bonds. The molecule has 0 atom stereocenters. The highest BCUT2D eigenvalue weighted by atomic mass is 32.2. The first-order valence-corrected chi connectivity index (χ1v) is 6.59. The first-order valence-electron chi connectivity index (χ1n) is 5.77. The molecule has 7 heteroatoms. The van der Waals surface area contributed by atoms with E-state index in [-0.39, 0.29) is 23.2 Å². The maximum Gasteiger partial charge on any atom is 0.344 e. The predicted octanol–water partition coefficient (Wildman–Crippen LogP) is 1.93.